The standard InChI is InChI=1S/C45H86N2O7/c1-9-13-17-21-23-27-31-39(29-25-19-15-11-3)42(49)52-35-33-47(41(48)37-38(5)46-44(51)54-45(6,7)8)34-36-53-43(50)40(30-26-20-16-12-4)32-28-24-22-18-14-10-2/h38-40H,9-37H2,1-8H3,(H,46,51). The van der Waals surface area contributed by atoms with Gasteiger partial charge in [-0.3, -0.25) is 14.4 Å². The van der Waals surface area contributed by atoms with Gasteiger partial charge < -0.3 is 24.4 Å². The van der Waals surface area contributed by atoms with Crippen LogP contribution in [-0.4, -0.2) is 66.8 Å². The van der Waals surface area contributed by atoms with Crippen molar-refractivity contribution < 1.29 is 33.4 Å². The maximum atomic E-state index is 13.6. The highest BCUT2D eigenvalue weighted by Gasteiger charge is 2.25. The number of amides is 2. The van der Waals surface area contributed by atoms with Gasteiger partial charge in [0.2, 0.25) is 5.91 Å². The highest BCUT2D eigenvalue weighted by molar-refractivity contribution is 5.78. The summed E-state index contributed by atoms with van der Waals surface area (Å²) in [4.78, 5) is 54.3. The first-order chi connectivity index (χ1) is 25.9. The molecule has 3 unspecified atom stereocenters. The van der Waals surface area contributed by atoms with Crippen molar-refractivity contribution in [1.29, 1.82) is 0 Å². The van der Waals surface area contributed by atoms with Crippen LogP contribution in [0.25, 0.3) is 0 Å². The van der Waals surface area contributed by atoms with E-state index in [0.29, 0.717) is 0 Å². The molecule has 318 valence electrons. The van der Waals surface area contributed by atoms with Gasteiger partial charge in [-0.15, -0.1) is 0 Å². The third kappa shape index (κ3) is 30.0. The Morgan fingerprint density at radius 1 is 0.537 bits per heavy atom. The molecule has 0 bridgehead atoms. The fourth-order valence-electron chi connectivity index (χ4n) is 6.80. The Hall–Kier alpha value is -2.32. The Balaban J connectivity index is 5.50. The average molecular weight is 767 g/mol. The van der Waals surface area contributed by atoms with Gasteiger partial charge in [0.1, 0.15) is 18.8 Å². The molecule has 0 aromatic heterocycles. The van der Waals surface area contributed by atoms with Crippen LogP contribution in [0.2, 0.25) is 0 Å². The predicted octanol–water partition coefficient (Wildman–Crippen LogP) is 11.9. The van der Waals surface area contributed by atoms with Gasteiger partial charge in [-0.25, -0.2) is 4.79 Å². The van der Waals surface area contributed by atoms with Crippen molar-refractivity contribution in [1.82, 2.24) is 10.2 Å². The summed E-state index contributed by atoms with van der Waals surface area (Å²) in [5.74, 6) is -0.829. The quantitative estimate of drug-likeness (QED) is 0.0388. The van der Waals surface area contributed by atoms with Gasteiger partial charge in [0.15, 0.2) is 0 Å². The van der Waals surface area contributed by atoms with E-state index in [1.807, 2.05) is 0 Å². The molecule has 0 fully saturated rings. The molecule has 9 heteroatoms. The number of carbonyl (C=O) groups is 4. The molecule has 0 aliphatic heterocycles. The second kappa shape index (κ2) is 34.0. The summed E-state index contributed by atoms with van der Waals surface area (Å²) < 4.78 is 17.1. The molecule has 0 radical (unpaired) electrons. The van der Waals surface area contributed by atoms with E-state index in [1.165, 1.54) is 64.2 Å². The molecule has 54 heavy (non-hydrogen) atoms. The predicted molar refractivity (Wildman–Crippen MR) is 222 cm³/mol. The number of alkyl carbamates (subject to hydrolysis) is 1. The zero-order chi connectivity index (χ0) is 40.5. The van der Waals surface area contributed by atoms with Crippen LogP contribution in [0.1, 0.15) is 216 Å². The lowest BCUT2D eigenvalue weighted by molar-refractivity contribution is -0.152. The maximum Gasteiger partial charge on any atom is 0.407 e. The normalized spacial score (nSPS) is 13.2. The molecule has 9 nitrogen and oxygen atoms in total. The van der Waals surface area contributed by atoms with E-state index in [0.717, 1.165) is 89.9 Å². The third-order valence-corrected chi connectivity index (χ3v) is 10.1. The first-order valence-corrected chi connectivity index (χ1v) is 22.5. The fraction of sp³-hybridized carbons (Fsp3) is 0.911. The Kier molecular flexibility index (Phi) is 32.5. The maximum absolute atomic E-state index is 13.6. The van der Waals surface area contributed by atoms with E-state index in [9.17, 15) is 19.2 Å². The lowest BCUT2D eigenvalue weighted by Crippen LogP contribution is -2.43. The molecular weight excluding hydrogens is 681 g/mol. The van der Waals surface area contributed by atoms with Gasteiger partial charge in [0, 0.05) is 12.5 Å². The summed E-state index contributed by atoms with van der Waals surface area (Å²) in [5, 5.41) is 2.75. The summed E-state index contributed by atoms with van der Waals surface area (Å²) >= 11 is 0. The Morgan fingerprint density at radius 3 is 1.22 bits per heavy atom. The van der Waals surface area contributed by atoms with Crippen molar-refractivity contribution in [3.8, 4) is 0 Å². The third-order valence-electron chi connectivity index (χ3n) is 10.1. The molecule has 0 aliphatic carbocycles. The summed E-state index contributed by atoms with van der Waals surface area (Å²) in [6, 6.07) is -0.477. The first kappa shape index (κ1) is 51.7. The van der Waals surface area contributed by atoms with Crippen molar-refractivity contribution in [2.24, 2.45) is 11.8 Å². The van der Waals surface area contributed by atoms with Crippen LogP contribution >= 0.6 is 0 Å². The highest BCUT2D eigenvalue weighted by Crippen LogP contribution is 2.22. The smallest absolute Gasteiger partial charge is 0.407 e. The number of ether oxygens (including phenoxy) is 3. The number of hydrogen-bond donors (Lipinski definition) is 1. The summed E-state index contributed by atoms with van der Waals surface area (Å²) in [6.45, 7) is 16.5. The van der Waals surface area contributed by atoms with Crippen molar-refractivity contribution in [3.63, 3.8) is 0 Å². The number of hydrogen-bond acceptors (Lipinski definition) is 7. The van der Waals surface area contributed by atoms with Crippen molar-refractivity contribution in [3.05, 3.63) is 0 Å². The number of carbonyl (C=O) groups excluding carboxylic acids is 4. The van der Waals surface area contributed by atoms with E-state index in [4.69, 9.17) is 14.2 Å². The number of esters is 2. The lowest BCUT2D eigenvalue weighted by Gasteiger charge is -2.26. The van der Waals surface area contributed by atoms with Gasteiger partial charge >= 0.3 is 18.0 Å². The van der Waals surface area contributed by atoms with Crippen LogP contribution in [-0.2, 0) is 28.6 Å². The van der Waals surface area contributed by atoms with E-state index in [1.54, 1.807) is 32.6 Å². The minimum atomic E-state index is -0.653. The Morgan fingerprint density at radius 2 is 0.870 bits per heavy atom. The largest absolute Gasteiger partial charge is 0.464 e. The van der Waals surface area contributed by atoms with Gasteiger partial charge in [-0.2, -0.15) is 0 Å². The summed E-state index contributed by atoms with van der Waals surface area (Å²) in [7, 11) is 0. The molecule has 0 aromatic rings. The SMILES string of the molecule is CCCCCCCCC(CCCCCC)C(=O)OCCN(CCOC(=O)C(CCCCCC)CCCCCCCC)C(=O)CC(C)NC(=O)OC(C)(C)C. The summed E-state index contributed by atoms with van der Waals surface area (Å²) in [6.07, 6.45) is 25.8. The minimum Gasteiger partial charge on any atom is -0.464 e. The zero-order valence-corrected chi connectivity index (χ0v) is 36.5. The highest BCUT2D eigenvalue weighted by atomic mass is 16.6. The van der Waals surface area contributed by atoms with E-state index in [-0.39, 0.29) is 62.4 Å². The monoisotopic (exact) mass is 767 g/mol. The molecule has 0 saturated heterocycles. The molecule has 2 amide bonds. The second-order valence-electron chi connectivity index (χ2n) is 16.7. The van der Waals surface area contributed by atoms with E-state index >= 15 is 0 Å². The lowest BCUT2D eigenvalue weighted by atomic mass is 9.94. The fourth-order valence-corrected chi connectivity index (χ4v) is 6.80. The zero-order valence-electron chi connectivity index (χ0n) is 36.5. The van der Waals surface area contributed by atoms with Crippen LogP contribution in [0.3, 0.4) is 0 Å². The number of nitrogens with zero attached hydrogens (tertiary/aromatic N) is 1. The van der Waals surface area contributed by atoms with Crippen molar-refractivity contribution in [2.75, 3.05) is 26.3 Å². The van der Waals surface area contributed by atoms with Gasteiger partial charge in [-0.05, 0) is 53.4 Å². The molecule has 0 aliphatic rings. The molecule has 0 saturated carbocycles. The summed E-state index contributed by atoms with van der Waals surface area (Å²) in [5.41, 5.74) is -0.653. The van der Waals surface area contributed by atoms with Crippen LogP contribution in [0.4, 0.5) is 4.79 Å². The molecular formula is C45H86N2O7. The molecule has 3 atom stereocenters. The molecule has 0 aromatic carbocycles. The number of nitrogens with one attached hydrogen (secondary N) is 1. The first-order valence-electron chi connectivity index (χ1n) is 22.5. The van der Waals surface area contributed by atoms with Gasteiger partial charge in [0.05, 0.1) is 24.9 Å². The van der Waals surface area contributed by atoms with Gasteiger partial charge in [-0.1, -0.05) is 156 Å². The molecule has 0 spiro atoms. The van der Waals surface area contributed by atoms with Crippen LogP contribution < -0.4 is 5.32 Å². The Labute approximate surface area is 332 Å². The number of rotatable bonds is 35. The molecule has 1 N–H and O–H groups in total. The minimum absolute atomic E-state index is 0.0390. The van der Waals surface area contributed by atoms with Gasteiger partial charge in [0.25, 0.3) is 0 Å². The van der Waals surface area contributed by atoms with E-state index < -0.39 is 17.7 Å². The van der Waals surface area contributed by atoms with Crippen LogP contribution in [0.15, 0.2) is 0 Å². The van der Waals surface area contributed by atoms with E-state index in [2.05, 4.69) is 33.0 Å². The van der Waals surface area contributed by atoms with Crippen molar-refractivity contribution in [2.45, 2.75) is 228 Å². The molecule has 0 heterocycles. The average Bonchev–Trinajstić information content (AvgIpc) is 3.11. The molecule has 0 rings (SSSR count). The van der Waals surface area contributed by atoms with Crippen LogP contribution in [0.5, 0.6) is 0 Å². The Bertz CT molecular complexity index is 901. The van der Waals surface area contributed by atoms with Crippen LogP contribution in [0, 0.1) is 11.8 Å². The van der Waals surface area contributed by atoms with Crippen molar-refractivity contribution >= 4 is 23.9 Å². The second-order valence-corrected chi connectivity index (χ2v) is 16.7. The number of unbranched alkanes of at least 4 members (excludes halogenated alkanes) is 16. The topological polar surface area (TPSA) is 111 Å².